The van der Waals surface area contributed by atoms with Crippen LogP contribution in [0.4, 0.5) is 0 Å². The van der Waals surface area contributed by atoms with Crippen molar-refractivity contribution < 1.29 is 4.79 Å². The first kappa shape index (κ1) is 18.2. The van der Waals surface area contributed by atoms with Crippen molar-refractivity contribution in [2.45, 2.75) is 53.5 Å². The number of carbonyl (C=O) groups excluding carboxylic acids is 1. The summed E-state index contributed by atoms with van der Waals surface area (Å²) in [5.74, 6) is 1.51. The van der Waals surface area contributed by atoms with Gasteiger partial charge in [-0.05, 0) is 26.2 Å². The fourth-order valence-corrected chi connectivity index (χ4v) is 2.74. The van der Waals surface area contributed by atoms with Gasteiger partial charge in [0, 0.05) is 37.8 Å². The van der Waals surface area contributed by atoms with Gasteiger partial charge in [0.05, 0.1) is 12.1 Å². The minimum Gasteiger partial charge on any atom is -0.356 e. The second-order valence-electron chi connectivity index (χ2n) is 6.71. The molecule has 0 atom stereocenters. The van der Waals surface area contributed by atoms with Gasteiger partial charge in [-0.1, -0.05) is 13.8 Å². The van der Waals surface area contributed by atoms with Crippen molar-refractivity contribution in [2.24, 2.45) is 13.0 Å². The molecule has 0 saturated heterocycles. The van der Waals surface area contributed by atoms with Gasteiger partial charge in [0.25, 0.3) is 0 Å². The highest BCUT2D eigenvalue weighted by molar-refractivity contribution is 5.79. The molecule has 2 aromatic rings. The van der Waals surface area contributed by atoms with Crippen LogP contribution in [-0.4, -0.2) is 37.0 Å². The summed E-state index contributed by atoms with van der Waals surface area (Å²) in [6.07, 6.45) is 3.73. The molecule has 0 aliphatic carbocycles. The molecule has 7 heteroatoms. The molecule has 0 unspecified atom stereocenters. The first-order valence-corrected chi connectivity index (χ1v) is 8.51. The van der Waals surface area contributed by atoms with Crippen molar-refractivity contribution in [3.63, 3.8) is 0 Å². The molecule has 132 valence electrons. The van der Waals surface area contributed by atoms with Gasteiger partial charge in [0.15, 0.2) is 0 Å². The van der Waals surface area contributed by atoms with E-state index in [-0.39, 0.29) is 5.91 Å². The van der Waals surface area contributed by atoms with Gasteiger partial charge < -0.3 is 9.88 Å². The van der Waals surface area contributed by atoms with Gasteiger partial charge in [-0.15, -0.1) is 10.2 Å². The second-order valence-corrected chi connectivity index (χ2v) is 6.71. The summed E-state index contributed by atoms with van der Waals surface area (Å²) in [6.45, 7) is 9.87. The molecule has 0 radical (unpaired) electrons. The van der Waals surface area contributed by atoms with Crippen molar-refractivity contribution in [1.29, 1.82) is 0 Å². The zero-order valence-electron chi connectivity index (χ0n) is 15.3. The third-order valence-electron chi connectivity index (χ3n) is 4.11. The molecular weight excluding hydrogens is 304 g/mol. The lowest BCUT2D eigenvalue weighted by Crippen LogP contribution is -2.27. The average Bonchev–Trinajstić information content (AvgIpc) is 3.02. The predicted octanol–water partition coefficient (Wildman–Crippen LogP) is 1.58. The minimum atomic E-state index is 0.0447. The topological polar surface area (TPSA) is 77.6 Å². The van der Waals surface area contributed by atoms with E-state index in [0.29, 0.717) is 18.9 Å². The number of nitrogens with one attached hydrogen (secondary N) is 1. The molecule has 0 aliphatic heterocycles. The average molecular weight is 332 g/mol. The second kappa shape index (κ2) is 8.08. The van der Waals surface area contributed by atoms with E-state index in [9.17, 15) is 4.79 Å². The summed E-state index contributed by atoms with van der Waals surface area (Å²) in [5, 5.41) is 15.4. The van der Waals surface area contributed by atoms with E-state index in [4.69, 9.17) is 0 Å². The zero-order valence-corrected chi connectivity index (χ0v) is 15.3. The number of carbonyl (C=O) groups is 1. The summed E-state index contributed by atoms with van der Waals surface area (Å²) in [7, 11) is 1.92. The molecular formula is C17H28N6O. The van der Waals surface area contributed by atoms with E-state index in [2.05, 4.69) is 34.5 Å². The Morgan fingerprint density at radius 2 is 2.08 bits per heavy atom. The van der Waals surface area contributed by atoms with Crippen LogP contribution in [0.2, 0.25) is 0 Å². The molecule has 0 fully saturated rings. The standard InChI is InChI=1S/C17H28N6O/c1-12(2)10-23-14(4)15(13(3)21-23)9-17(24)18-8-6-7-16-20-19-11-22(16)5/h11-12H,6-10H2,1-5H3,(H,18,24). The van der Waals surface area contributed by atoms with E-state index in [1.54, 1.807) is 6.33 Å². The molecule has 1 amide bonds. The van der Waals surface area contributed by atoms with E-state index in [1.165, 1.54) is 0 Å². The Morgan fingerprint density at radius 1 is 1.33 bits per heavy atom. The van der Waals surface area contributed by atoms with Crippen LogP contribution in [0.15, 0.2) is 6.33 Å². The zero-order chi connectivity index (χ0) is 17.7. The molecule has 0 bridgehead atoms. The van der Waals surface area contributed by atoms with Crippen molar-refractivity contribution >= 4 is 5.91 Å². The summed E-state index contributed by atoms with van der Waals surface area (Å²) in [6, 6.07) is 0. The minimum absolute atomic E-state index is 0.0447. The molecule has 2 rings (SSSR count). The third-order valence-corrected chi connectivity index (χ3v) is 4.11. The smallest absolute Gasteiger partial charge is 0.224 e. The quantitative estimate of drug-likeness (QED) is 0.745. The number of hydrogen-bond acceptors (Lipinski definition) is 4. The molecule has 0 spiro atoms. The number of rotatable bonds is 8. The molecule has 0 aromatic carbocycles. The SMILES string of the molecule is Cc1nn(CC(C)C)c(C)c1CC(=O)NCCCc1nncn1C. The van der Waals surface area contributed by atoms with Crippen LogP contribution in [0.5, 0.6) is 0 Å². The number of amides is 1. The van der Waals surface area contributed by atoms with Crippen LogP contribution in [0.1, 0.15) is 43.0 Å². The van der Waals surface area contributed by atoms with Gasteiger partial charge in [-0.2, -0.15) is 5.10 Å². The van der Waals surface area contributed by atoms with Crippen LogP contribution in [-0.2, 0) is 31.2 Å². The molecule has 1 N–H and O–H groups in total. The molecule has 7 nitrogen and oxygen atoms in total. The van der Waals surface area contributed by atoms with Gasteiger partial charge in [0.2, 0.25) is 5.91 Å². The van der Waals surface area contributed by atoms with E-state index >= 15 is 0 Å². The predicted molar refractivity (Wildman–Crippen MR) is 92.6 cm³/mol. The summed E-state index contributed by atoms with van der Waals surface area (Å²) in [4.78, 5) is 12.2. The van der Waals surface area contributed by atoms with Gasteiger partial charge in [-0.25, -0.2) is 0 Å². The first-order chi connectivity index (χ1) is 11.4. The molecule has 0 saturated carbocycles. The van der Waals surface area contributed by atoms with Crippen LogP contribution >= 0.6 is 0 Å². The number of aromatic nitrogens is 5. The van der Waals surface area contributed by atoms with Gasteiger partial charge in [0.1, 0.15) is 12.2 Å². The number of hydrogen-bond donors (Lipinski definition) is 1. The van der Waals surface area contributed by atoms with Crippen molar-refractivity contribution in [2.75, 3.05) is 6.54 Å². The Morgan fingerprint density at radius 3 is 2.71 bits per heavy atom. The lowest BCUT2D eigenvalue weighted by atomic mass is 10.1. The van der Waals surface area contributed by atoms with Crippen LogP contribution in [0.3, 0.4) is 0 Å². The van der Waals surface area contributed by atoms with E-state index < -0.39 is 0 Å². The van der Waals surface area contributed by atoms with Crippen molar-refractivity contribution in [3.05, 3.63) is 29.1 Å². The van der Waals surface area contributed by atoms with E-state index in [1.807, 2.05) is 30.1 Å². The largest absolute Gasteiger partial charge is 0.356 e. The summed E-state index contributed by atoms with van der Waals surface area (Å²) in [5.41, 5.74) is 3.08. The number of nitrogens with zero attached hydrogens (tertiary/aromatic N) is 5. The first-order valence-electron chi connectivity index (χ1n) is 8.51. The Bertz CT molecular complexity index is 685. The summed E-state index contributed by atoms with van der Waals surface area (Å²) < 4.78 is 3.91. The van der Waals surface area contributed by atoms with Crippen LogP contribution in [0.25, 0.3) is 0 Å². The highest BCUT2D eigenvalue weighted by Crippen LogP contribution is 2.15. The van der Waals surface area contributed by atoms with Crippen LogP contribution < -0.4 is 5.32 Å². The third kappa shape index (κ3) is 4.66. The maximum atomic E-state index is 12.2. The fourth-order valence-electron chi connectivity index (χ4n) is 2.74. The Balaban J connectivity index is 1.82. The normalized spacial score (nSPS) is 11.2. The number of aryl methyl sites for hydroxylation is 3. The highest BCUT2D eigenvalue weighted by Gasteiger charge is 2.15. The lowest BCUT2D eigenvalue weighted by molar-refractivity contribution is -0.120. The Kier molecular flexibility index (Phi) is 6.11. The highest BCUT2D eigenvalue weighted by atomic mass is 16.1. The monoisotopic (exact) mass is 332 g/mol. The molecule has 2 heterocycles. The Labute approximate surface area is 143 Å². The Hall–Kier alpha value is -2.18. The molecule has 0 aliphatic rings. The molecule has 24 heavy (non-hydrogen) atoms. The van der Waals surface area contributed by atoms with Gasteiger partial charge >= 0.3 is 0 Å². The molecule has 2 aromatic heterocycles. The lowest BCUT2D eigenvalue weighted by Gasteiger charge is -2.08. The maximum Gasteiger partial charge on any atom is 0.224 e. The maximum absolute atomic E-state index is 12.2. The van der Waals surface area contributed by atoms with E-state index in [0.717, 1.165) is 42.2 Å². The van der Waals surface area contributed by atoms with Crippen LogP contribution in [0, 0.1) is 19.8 Å². The van der Waals surface area contributed by atoms with Crippen molar-refractivity contribution in [1.82, 2.24) is 29.9 Å². The van der Waals surface area contributed by atoms with Crippen molar-refractivity contribution in [3.8, 4) is 0 Å². The summed E-state index contributed by atoms with van der Waals surface area (Å²) >= 11 is 0. The fraction of sp³-hybridized carbons (Fsp3) is 0.647. The van der Waals surface area contributed by atoms with Gasteiger partial charge in [-0.3, -0.25) is 9.48 Å².